The Hall–Kier alpha value is -1.81. The van der Waals surface area contributed by atoms with Gasteiger partial charge in [-0.05, 0) is 29.8 Å². The molecule has 3 nitrogen and oxygen atoms in total. The summed E-state index contributed by atoms with van der Waals surface area (Å²) in [5, 5.41) is 8.87. The van der Waals surface area contributed by atoms with E-state index in [2.05, 4.69) is 0 Å². The molecular formula is C13H13NO2S. The van der Waals surface area contributed by atoms with Gasteiger partial charge < -0.3 is 10.0 Å². The third kappa shape index (κ3) is 2.47. The zero-order valence-corrected chi connectivity index (χ0v) is 10.5. The van der Waals surface area contributed by atoms with Crippen molar-refractivity contribution in [1.29, 1.82) is 0 Å². The lowest BCUT2D eigenvalue weighted by Crippen LogP contribution is -2.07. The zero-order chi connectivity index (χ0) is 12.4. The second kappa shape index (κ2) is 4.59. The zero-order valence-electron chi connectivity index (χ0n) is 9.68. The minimum atomic E-state index is -0.869. The molecule has 0 saturated heterocycles. The van der Waals surface area contributed by atoms with E-state index >= 15 is 0 Å². The number of aromatic carboxylic acids is 1. The van der Waals surface area contributed by atoms with Gasteiger partial charge in [0.05, 0.1) is 0 Å². The van der Waals surface area contributed by atoms with E-state index in [1.54, 1.807) is 6.07 Å². The molecule has 0 unspecified atom stereocenters. The molecule has 17 heavy (non-hydrogen) atoms. The monoisotopic (exact) mass is 247 g/mol. The molecule has 2 aromatic rings. The third-order valence-corrected chi connectivity index (χ3v) is 3.61. The molecule has 0 aliphatic rings. The molecule has 1 heterocycles. The van der Waals surface area contributed by atoms with Crippen LogP contribution in [0.4, 0.5) is 5.69 Å². The Morgan fingerprint density at radius 3 is 2.24 bits per heavy atom. The Balaban J connectivity index is 2.30. The summed E-state index contributed by atoms with van der Waals surface area (Å²) in [4.78, 5) is 14.2. The number of benzene rings is 1. The summed E-state index contributed by atoms with van der Waals surface area (Å²) in [6.45, 7) is 0. The lowest BCUT2D eigenvalue weighted by molar-refractivity contribution is 0.0702. The third-order valence-electron chi connectivity index (χ3n) is 2.49. The lowest BCUT2D eigenvalue weighted by atomic mass is 10.1. The molecule has 0 radical (unpaired) electrons. The molecular weight excluding hydrogens is 234 g/mol. The van der Waals surface area contributed by atoms with Crippen molar-refractivity contribution < 1.29 is 9.90 Å². The van der Waals surface area contributed by atoms with Crippen molar-refractivity contribution in [2.45, 2.75) is 0 Å². The minimum absolute atomic E-state index is 0.372. The number of carbonyl (C=O) groups is 1. The standard InChI is InChI=1S/C13H13NO2S/c1-14(2)10-5-3-9(4-6-10)11-7-8-12(17-11)13(15)16/h3-8H,1-2H3,(H,15,16). The Kier molecular flexibility index (Phi) is 3.15. The molecule has 88 valence electrons. The van der Waals surface area contributed by atoms with E-state index in [0.717, 1.165) is 16.1 Å². The summed E-state index contributed by atoms with van der Waals surface area (Å²) in [6.07, 6.45) is 0. The van der Waals surface area contributed by atoms with Gasteiger partial charge >= 0.3 is 5.97 Å². The van der Waals surface area contributed by atoms with Gasteiger partial charge in [-0.1, -0.05) is 12.1 Å². The van der Waals surface area contributed by atoms with Gasteiger partial charge in [-0.3, -0.25) is 0 Å². The number of anilines is 1. The molecule has 0 spiro atoms. The van der Waals surface area contributed by atoms with Crippen LogP contribution in [0.3, 0.4) is 0 Å². The highest BCUT2D eigenvalue weighted by molar-refractivity contribution is 7.17. The molecule has 0 aliphatic heterocycles. The van der Waals surface area contributed by atoms with Crippen molar-refractivity contribution in [3.63, 3.8) is 0 Å². The minimum Gasteiger partial charge on any atom is -0.477 e. The van der Waals surface area contributed by atoms with E-state index in [1.807, 2.05) is 49.3 Å². The van der Waals surface area contributed by atoms with Crippen LogP contribution in [0.5, 0.6) is 0 Å². The van der Waals surface area contributed by atoms with Crippen molar-refractivity contribution in [1.82, 2.24) is 0 Å². The smallest absolute Gasteiger partial charge is 0.345 e. The first-order valence-electron chi connectivity index (χ1n) is 5.19. The van der Waals surface area contributed by atoms with E-state index in [1.165, 1.54) is 11.3 Å². The van der Waals surface area contributed by atoms with Gasteiger partial charge in [0.15, 0.2) is 0 Å². The Morgan fingerprint density at radius 1 is 1.12 bits per heavy atom. The fraction of sp³-hybridized carbons (Fsp3) is 0.154. The number of carboxylic acid groups (broad SMARTS) is 1. The van der Waals surface area contributed by atoms with Crippen LogP contribution >= 0.6 is 11.3 Å². The van der Waals surface area contributed by atoms with Gasteiger partial charge in [-0.15, -0.1) is 11.3 Å². The van der Waals surface area contributed by atoms with Crippen LogP contribution in [0.2, 0.25) is 0 Å². The molecule has 0 amide bonds. The molecule has 1 aromatic carbocycles. The normalized spacial score (nSPS) is 10.2. The first kappa shape index (κ1) is 11.7. The maximum atomic E-state index is 10.8. The summed E-state index contributed by atoms with van der Waals surface area (Å²) < 4.78 is 0. The van der Waals surface area contributed by atoms with Crippen molar-refractivity contribution in [2.75, 3.05) is 19.0 Å². The predicted octanol–water partition coefficient (Wildman–Crippen LogP) is 3.18. The van der Waals surface area contributed by atoms with E-state index in [-0.39, 0.29) is 0 Å². The van der Waals surface area contributed by atoms with Crippen molar-refractivity contribution in [3.05, 3.63) is 41.3 Å². The fourth-order valence-electron chi connectivity index (χ4n) is 1.53. The summed E-state index contributed by atoms with van der Waals surface area (Å²) >= 11 is 1.30. The highest BCUT2D eigenvalue weighted by atomic mass is 32.1. The number of rotatable bonds is 3. The molecule has 2 rings (SSSR count). The fourth-order valence-corrected chi connectivity index (χ4v) is 2.38. The number of hydrogen-bond acceptors (Lipinski definition) is 3. The molecule has 1 N–H and O–H groups in total. The van der Waals surface area contributed by atoms with Crippen LogP contribution in [0.1, 0.15) is 9.67 Å². The number of hydrogen-bond donors (Lipinski definition) is 1. The number of thiophene rings is 1. The largest absolute Gasteiger partial charge is 0.477 e. The quantitative estimate of drug-likeness (QED) is 0.905. The maximum absolute atomic E-state index is 10.8. The van der Waals surface area contributed by atoms with Crippen LogP contribution in [-0.4, -0.2) is 25.2 Å². The number of carboxylic acids is 1. The summed E-state index contributed by atoms with van der Waals surface area (Å²) in [5.74, 6) is -0.869. The molecule has 0 fully saturated rings. The molecule has 0 saturated carbocycles. The van der Waals surface area contributed by atoms with E-state index < -0.39 is 5.97 Å². The van der Waals surface area contributed by atoms with Gasteiger partial charge in [0.1, 0.15) is 4.88 Å². The van der Waals surface area contributed by atoms with Crippen molar-refractivity contribution >= 4 is 23.0 Å². The van der Waals surface area contributed by atoms with Gasteiger partial charge in [0.25, 0.3) is 0 Å². The predicted molar refractivity (Wildman–Crippen MR) is 71.0 cm³/mol. The Morgan fingerprint density at radius 2 is 1.76 bits per heavy atom. The highest BCUT2D eigenvalue weighted by Crippen LogP contribution is 2.29. The van der Waals surface area contributed by atoms with Crippen LogP contribution in [0.25, 0.3) is 10.4 Å². The van der Waals surface area contributed by atoms with Gasteiger partial charge in [-0.2, -0.15) is 0 Å². The van der Waals surface area contributed by atoms with Gasteiger partial charge in [-0.25, -0.2) is 4.79 Å². The summed E-state index contributed by atoms with van der Waals surface area (Å²) in [5.41, 5.74) is 2.18. The van der Waals surface area contributed by atoms with E-state index in [0.29, 0.717) is 4.88 Å². The average Bonchev–Trinajstić information content (AvgIpc) is 2.78. The maximum Gasteiger partial charge on any atom is 0.345 e. The summed E-state index contributed by atoms with van der Waals surface area (Å²) in [6, 6.07) is 11.5. The Bertz CT molecular complexity index is 529. The highest BCUT2D eigenvalue weighted by Gasteiger charge is 2.08. The van der Waals surface area contributed by atoms with Crippen LogP contribution in [0.15, 0.2) is 36.4 Å². The van der Waals surface area contributed by atoms with Crippen molar-refractivity contribution in [2.24, 2.45) is 0 Å². The molecule has 0 bridgehead atoms. The second-order valence-electron chi connectivity index (χ2n) is 3.91. The topological polar surface area (TPSA) is 40.5 Å². The number of nitrogens with zero attached hydrogens (tertiary/aromatic N) is 1. The Labute approximate surface area is 104 Å². The molecule has 4 heteroatoms. The molecule has 0 atom stereocenters. The lowest BCUT2D eigenvalue weighted by Gasteiger charge is -2.12. The van der Waals surface area contributed by atoms with Gasteiger partial charge in [0.2, 0.25) is 0 Å². The van der Waals surface area contributed by atoms with Gasteiger partial charge in [0, 0.05) is 24.7 Å². The average molecular weight is 247 g/mol. The van der Waals surface area contributed by atoms with Crippen LogP contribution in [-0.2, 0) is 0 Å². The molecule has 0 aliphatic carbocycles. The first-order valence-corrected chi connectivity index (χ1v) is 6.00. The van der Waals surface area contributed by atoms with Crippen LogP contribution < -0.4 is 4.90 Å². The van der Waals surface area contributed by atoms with Crippen LogP contribution in [0, 0.1) is 0 Å². The SMILES string of the molecule is CN(C)c1ccc(-c2ccc(C(=O)O)s2)cc1. The summed E-state index contributed by atoms with van der Waals surface area (Å²) in [7, 11) is 3.98. The van der Waals surface area contributed by atoms with Crippen molar-refractivity contribution in [3.8, 4) is 10.4 Å². The second-order valence-corrected chi connectivity index (χ2v) is 4.99. The van der Waals surface area contributed by atoms with E-state index in [4.69, 9.17) is 5.11 Å². The van der Waals surface area contributed by atoms with E-state index in [9.17, 15) is 4.79 Å². The molecule has 1 aromatic heterocycles. The first-order chi connectivity index (χ1) is 8.08.